The second-order valence-electron chi connectivity index (χ2n) is 4.80. The molecular weight excluding hydrogens is 319 g/mol. The van der Waals surface area contributed by atoms with Crippen LogP contribution in [-0.4, -0.2) is 10.2 Å². The van der Waals surface area contributed by atoms with Gasteiger partial charge in [-0.05, 0) is 30.7 Å². The zero-order chi connectivity index (χ0) is 16.5. The van der Waals surface area contributed by atoms with Crippen LogP contribution in [0.3, 0.4) is 0 Å². The first kappa shape index (κ1) is 16.5. The lowest BCUT2D eigenvalue weighted by Gasteiger charge is -2.19. The summed E-state index contributed by atoms with van der Waals surface area (Å²) in [5.41, 5.74) is -0.679. The smallest absolute Gasteiger partial charge is 0.429 e. The zero-order valence-electron chi connectivity index (χ0n) is 11.9. The molecule has 22 heavy (non-hydrogen) atoms. The minimum Gasteiger partial charge on any atom is -0.429 e. The fraction of sp³-hybridized carbons (Fsp3) is 0.200. The van der Waals surface area contributed by atoms with Gasteiger partial charge in [0.15, 0.2) is 0 Å². The van der Waals surface area contributed by atoms with E-state index in [0.717, 1.165) is 22.4 Å². The largest absolute Gasteiger partial charge is 0.429 e. The Morgan fingerprint density at radius 1 is 1.00 bits per heavy atom. The molecule has 0 aromatic heterocycles. The molecule has 0 saturated carbocycles. The third-order valence-corrected chi connectivity index (χ3v) is 4.07. The summed E-state index contributed by atoms with van der Waals surface area (Å²) in [7, 11) is 0.771. The van der Waals surface area contributed by atoms with Crippen molar-refractivity contribution in [3.8, 4) is 5.75 Å². The molecule has 0 N–H and O–H groups in total. The minimum atomic E-state index is -4.04. The van der Waals surface area contributed by atoms with Crippen LogP contribution in [0.15, 0.2) is 30.3 Å². The summed E-state index contributed by atoms with van der Waals surface area (Å²) in [6.45, 7) is 1.17. The van der Waals surface area contributed by atoms with E-state index in [0.29, 0.717) is 23.7 Å². The van der Waals surface area contributed by atoms with Crippen LogP contribution in [0.25, 0.3) is 0 Å². The summed E-state index contributed by atoms with van der Waals surface area (Å²) >= 11 is 0. The van der Waals surface area contributed by atoms with E-state index >= 15 is 0 Å². The monoisotopic (exact) mass is 332 g/mol. The van der Waals surface area contributed by atoms with Crippen molar-refractivity contribution >= 4 is 10.2 Å². The minimum absolute atomic E-state index is 0.307. The van der Waals surface area contributed by atoms with E-state index in [2.05, 4.69) is 4.74 Å². The Kier molecular flexibility index (Phi) is 4.55. The number of alkyl halides is 2. The molecule has 0 atom stereocenters. The summed E-state index contributed by atoms with van der Waals surface area (Å²) in [5, 5.41) is 0. The molecule has 118 valence electrons. The van der Waals surface area contributed by atoms with Crippen molar-refractivity contribution in [2.75, 3.05) is 0 Å². The number of halogens is 5. The summed E-state index contributed by atoms with van der Waals surface area (Å²) in [6, 6.07) is 5.20. The van der Waals surface area contributed by atoms with Gasteiger partial charge in [0.05, 0.1) is 5.56 Å². The highest BCUT2D eigenvalue weighted by Gasteiger charge is 2.38. The van der Waals surface area contributed by atoms with E-state index in [4.69, 9.17) is 0 Å². The summed E-state index contributed by atoms with van der Waals surface area (Å²) in [5.74, 6) is -3.86. The van der Waals surface area contributed by atoms with Gasteiger partial charge in [0.2, 0.25) is 0 Å². The average Bonchev–Trinajstić information content (AvgIpc) is 2.43. The third kappa shape index (κ3) is 3.29. The Balaban J connectivity index is 2.35. The van der Waals surface area contributed by atoms with Gasteiger partial charge in [-0.2, -0.15) is 8.78 Å². The van der Waals surface area contributed by atoms with Gasteiger partial charge in [-0.1, -0.05) is 6.07 Å². The highest BCUT2D eigenvalue weighted by atomic mass is 28.1. The van der Waals surface area contributed by atoms with Crippen molar-refractivity contribution in [1.82, 2.24) is 0 Å². The van der Waals surface area contributed by atoms with E-state index in [9.17, 15) is 22.0 Å². The maximum absolute atomic E-state index is 14.0. The Labute approximate surface area is 127 Å². The molecule has 0 amide bonds. The number of ether oxygens (including phenoxy) is 1. The van der Waals surface area contributed by atoms with Crippen LogP contribution in [0, 0.1) is 24.4 Å². The maximum Gasteiger partial charge on any atom is 0.429 e. The SMILES string of the molecule is Cc1c(F)cc(OC(F)(F)c2ccc(C[SiH3])cc2F)cc1F. The first-order valence-electron chi connectivity index (χ1n) is 6.56. The van der Waals surface area contributed by atoms with Crippen molar-refractivity contribution in [1.29, 1.82) is 0 Å². The molecular formula is C15H13F5OSi. The van der Waals surface area contributed by atoms with E-state index < -0.39 is 34.9 Å². The van der Waals surface area contributed by atoms with E-state index in [1.54, 1.807) is 0 Å². The Hall–Kier alpha value is -1.89. The molecule has 0 aliphatic carbocycles. The van der Waals surface area contributed by atoms with Gasteiger partial charge < -0.3 is 4.74 Å². The summed E-state index contributed by atoms with van der Waals surface area (Å²) < 4.78 is 72.8. The van der Waals surface area contributed by atoms with Crippen molar-refractivity contribution in [3.63, 3.8) is 0 Å². The maximum atomic E-state index is 14.0. The van der Waals surface area contributed by atoms with Crippen LogP contribution in [-0.2, 0) is 12.2 Å². The standard InChI is InChI=1S/C15H13F5OSi/c1-8-12(16)5-10(6-13(8)17)21-15(19,20)11-3-2-9(7-22)4-14(11)18/h2-6H,7H2,1,22H3. The van der Waals surface area contributed by atoms with Gasteiger partial charge in [-0.25, -0.2) is 13.2 Å². The second-order valence-corrected chi connectivity index (χ2v) is 5.51. The van der Waals surface area contributed by atoms with Gasteiger partial charge in [-0.15, -0.1) is 0 Å². The van der Waals surface area contributed by atoms with Crippen molar-refractivity contribution in [2.45, 2.75) is 19.1 Å². The molecule has 0 fully saturated rings. The van der Waals surface area contributed by atoms with Gasteiger partial charge in [0, 0.05) is 27.9 Å². The molecule has 0 saturated heterocycles. The molecule has 0 aliphatic rings. The van der Waals surface area contributed by atoms with Crippen LogP contribution in [0.5, 0.6) is 5.75 Å². The normalized spacial score (nSPS) is 11.7. The van der Waals surface area contributed by atoms with Crippen molar-refractivity contribution < 1.29 is 26.7 Å². The average molecular weight is 332 g/mol. The molecule has 1 nitrogen and oxygen atoms in total. The highest BCUT2D eigenvalue weighted by molar-refractivity contribution is 6.08. The molecule has 0 spiro atoms. The molecule has 0 bridgehead atoms. The van der Waals surface area contributed by atoms with E-state index in [1.807, 2.05) is 0 Å². The van der Waals surface area contributed by atoms with Gasteiger partial charge in [0.25, 0.3) is 0 Å². The number of benzene rings is 2. The van der Waals surface area contributed by atoms with Gasteiger partial charge >= 0.3 is 6.11 Å². The Bertz CT molecular complexity index is 679. The number of hydrogen-bond acceptors (Lipinski definition) is 1. The van der Waals surface area contributed by atoms with Crippen LogP contribution in [0.2, 0.25) is 0 Å². The van der Waals surface area contributed by atoms with Gasteiger partial charge in [-0.3, -0.25) is 0 Å². The third-order valence-electron chi connectivity index (χ3n) is 3.26. The Morgan fingerprint density at radius 2 is 1.59 bits per heavy atom. The van der Waals surface area contributed by atoms with Crippen LogP contribution in [0.1, 0.15) is 16.7 Å². The predicted octanol–water partition coefficient (Wildman–Crippen LogP) is 3.41. The van der Waals surface area contributed by atoms with Crippen LogP contribution >= 0.6 is 0 Å². The topological polar surface area (TPSA) is 9.23 Å². The summed E-state index contributed by atoms with van der Waals surface area (Å²) in [6.07, 6.45) is -4.04. The highest BCUT2D eigenvalue weighted by Crippen LogP contribution is 2.34. The fourth-order valence-corrected chi connectivity index (χ4v) is 2.34. The lowest BCUT2D eigenvalue weighted by molar-refractivity contribution is -0.187. The van der Waals surface area contributed by atoms with Crippen LogP contribution in [0.4, 0.5) is 22.0 Å². The second kappa shape index (κ2) is 6.08. The number of rotatable bonds is 4. The van der Waals surface area contributed by atoms with Crippen molar-refractivity contribution in [3.05, 3.63) is 64.5 Å². The first-order valence-corrected chi connectivity index (χ1v) is 7.97. The fourth-order valence-electron chi connectivity index (χ4n) is 1.90. The van der Waals surface area contributed by atoms with E-state index in [-0.39, 0.29) is 5.56 Å². The molecule has 0 heterocycles. The number of hydrogen-bond donors (Lipinski definition) is 0. The molecule has 2 rings (SSSR count). The molecule has 2 aromatic rings. The van der Waals surface area contributed by atoms with Crippen LogP contribution < -0.4 is 4.74 Å². The molecule has 0 radical (unpaired) electrons. The molecule has 2 aromatic carbocycles. The predicted molar refractivity (Wildman–Crippen MR) is 75.7 cm³/mol. The van der Waals surface area contributed by atoms with Crippen molar-refractivity contribution in [2.24, 2.45) is 0 Å². The quantitative estimate of drug-likeness (QED) is 0.616. The van der Waals surface area contributed by atoms with Gasteiger partial charge in [0.1, 0.15) is 23.2 Å². The lowest BCUT2D eigenvalue weighted by Crippen LogP contribution is -2.23. The lowest BCUT2D eigenvalue weighted by atomic mass is 10.1. The summed E-state index contributed by atoms with van der Waals surface area (Å²) in [4.78, 5) is 0. The molecule has 7 heteroatoms. The zero-order valence-corrected chi connectivity index (χ0v) is 13.9. The molecule has 0 aliphatic heterocycles. The Morgan fingerprint density at radius 3 is 2.09 bits per heavy atom. The molecule has 0 unspecified atom stereocenters. The first-order chi connectivity index (χ1) is 10.2. The van der Waals surface area contributed by atoms with E-state index in [1.165, 1.54) is 13.0 Å².